The quantitative estimate of drug-likeness (QED) is 0.485. The maximum atomic E-state index is 12.1. The molecular formula is C14H26N2O6S. The van der Waals surface area contributed by atoms with Crippen molar-refractivity contribution in [1.29, 1.82) is 0 Å². The molecular weight excluding hydrogens is 324 g/mol. The number of nitrogens with one attached hydrogen (secondary N) is 1. The summed E-state index contributed by atoms with van der Waals surface area (Å²) in [5, 5.41) is 2.41. The molecule has 134 valence electrons. The van der Waals surface area contributed by atoms with Crippen LogP contribution < -0.4 is 11.1 Å². The zero-order chi connectivity index (χ0) is 18.0. The molecule has 0 fully saturated rings. The third-order valence-electron chi connectivity index (χ3n) is 2.44. The van der Waals surface area contributed by atoms with E-state index in [1.165, 1.54) is 18.9 Å². The summed E-state index contributed by atoms with van der Waals surface area (Å²) >= 11 is 1.49. The van der Waals surface area contributed by atoms with Crippen LogP contribution in [-0.2, 0) is 23.8 Å². The molecule has 0 radical (unpaired) electrons. The first-order valence-corrected chi connectivity index (χ1v) is 8.48. The van der Waals surface area contributed by atoms with Gasteiger partial charge in [-0.1, -0.05) is 0 Å². The van der Waals surface area contributed by atoms with Gasteiger partial charge in [-0.3, -0.25) is 0 Å². The van der Waals surface area contributed by atoms with Gasteiger partial charge in [-0.05, 0) is 39.2 Å². The average Bonchev–Trinajstić information content (AvgIpc) is 2.41. The number of carbonyl (C=O) groups excluding carboxylic acids is 3. The molecule has 0 aromatic heterocycles. The first-order chi connectivity index (χ1) is 10.6. The van der Waals surface area contributed by atoms with Gasteiger partial charge >= 0.3 is 18.0 Å². The Morgan fingerprint density at radius 2 is 1.83 bits per heavy atom. The third-order valence-corrected chi connectivity index (χ3v) is 3.08. The monoisotopic (exact) mass is 350 g/mol. The Hall–Kier alpha value is -1.32. The highest BCUT2D eigenvalue weighted by atomic mass is 32.2. The van der Waals surface area contributed by atoms with Crippen molar-refractivity contribution in [3.63, 3.8) is 0 Å². The van der Waals surface area contributed by atoms with Crippen molar-refractivity contribution in [3.05, 3.63) is 0 Å². The molecule has 0 aliphatic heterocycles. The van der Waals surface area contributed by atoms with Crippen LogP contribution in [0.15, 0.2) is 0 Å². The van der Waals surface area contributed by atoms with Crippen molar-refractivity contribution in [3.8, 4) is 0 Å². The lowest BCUT2D eigenvalue weighted by atomic mass is 10.2. The van der Waals surface area contributed by atoms with Crippen molar-refractivity contribution >= 4 is 29.8 Å². The zero-order valence-electron chi connectivity index (χ0n) is 14.2. The summed E-state index contributed by atoms with van der Waals surface area (Å²) in [6.45, 7) is 5.04. The molecule has 0 unspecified atom stereocenters. The lowest BCUT2D eigenvalue weighted by Crippen LogP contribution is -2.47. The predicted octanol–water partition coefficient (Wildman–Crippen LogP) is 0.676. The second-order valence-corrected chi connectivity index (χ2v) is 6.77. The van der Waals surface area contributed by atoms with E-state index in [2.05, 4.69) is 5.32 Å². The number of nitrogens with two attached hydrogens (primary N) is 1. The summed E-state index contributed by atoms with van der Waals surface area (Å²) < 4.78 is 14.5. The zero-order valence-corrected chi connectivity index (χ0v) is 15.0. The van der Waals surface area contributed by atoms with E-state index in [1.807, 2.05) is 6.26 Å². The molecule has 23 heavy (non-hydrogen) atoms. The average molecular weight is 350 g/mol. The fourth-order valence-electron chi connectivity index (χ4n) is 1.43. The van der Waals surface area contributed by atoms with E-state index in [-0.39, 0.29) is 6.61 Å². The minimum Gasteiger partial charge on any atom is -0.444 e. The number of esters is 2. The van der Waals surface area contributed by atoms with Crippen molar-refractivity contribution in [2.75, 3.05) is 25.7 Å². The maximum absolute atomic E-state index is 12.1. The number of carbonyl (C=O) groups is 3. The lowest BCUT2D eigenvalue weighted by Gasteiger charge is -2.22. The highest BCUT2D eigenvalue weighted by Gasteiger charge is 2.28. The Kier molecular flexibility index (Phi) is 9.85. The van der Waals surface area contributed by atoms with Gasteiger partial charge in [0.05, 0.1) is 6.61 Å². The number of thioether (sulfide) groups is 1. The lowest BCUT2D eigenvalue weighted by molar-refractivity contribution is -0.162. The fourth-order valence-corrected chi connectivity index (χ4v) is 1.90. The second kappa shape index (κ2) is 10.5. The first-order valence-electron chi connectivity index (χ1n) is 7.09. The van der Waals surface area contributed by atoms with Gasteiger partial charge in [-0.2, -0.15) is 11.8 Å². The summed E-state index contributed by atoms with van der Waals surface area (Å²) in [4.78, 5) is 35.5. The van der Waals surface area contributed by atoms with Gasteiger partial charge < -0.3 is 25.3 Å². The molecule has 0 aromatic carbocycles. The van der Waals surface area contributed by atoms with Crippen molar-refractivity contribution < 1.29 is 28.6 Å². The fraction of sp³-hybridized carbons (Fsp3) is 0.786. The summed E-state index contributed by atoms with van der Waals surface area (Å²) in [5.41, 5.74) is 4.79. The van der Waals surface area contributed by atoms with E-state index in [9.17, 15) is 14.4 Å². The number of ether oxygens (including phenoxy) is 3. The molecule has 0 bridgehead atoms. The van der Waals surface area contributed by atoms with Gasteiger partial charge in [0.1, 0.15) is 17.7 Å². The van der Waals surface area contributed by atoms with E-state index in [0.29, 0.717) is 12.2 Å². The Bertz CT molecular complexity index is 411. The van der Waals surface area contributed by atoms with E-state index >= 15 is 0 Å². The molecule has 3 N–H and O–H groups in total. The van der Waals surface area contributed by atoms with Gasteiger partial charge in [-0.15, -0.1) is 0 Å². The molecule has 1 amide bonds. The number of hydrogen-bond donors (Lipinski definition) is 2. The third kappa shape index (κ3) is 10.1. The topological polar surface area (TPSA) is 117 Å². The van der Waals surface area contributed by atoms with Crippen LogP contribution in [0, 0.1) is 0 Å². The number of hydrogen-bond acceptors (Lipinski definition) is 8. The minimum atomic E-state index is -1.06. The maximum Gasteiger partial charge on any atom is 0.408 e. The normalized spacial score (nSPS) is 13.8. The smallest absolute Gasteiger partial charge is 0.408 e. The standard InChI is InChI=1S/C14H26N2O6S/c1-14(2,3)22-13(19)16-10(6-7-23-5)12(18)21-11(17)9(15)8-20-4/h9-10H,6-8,15H2,1-5H3,(H,16,19)/t9-,10-/m0/s1. The Morgan fingerprint density at radius 1 is 1.22 bits per heavy atom. The van der Waals surface area contributed by atoms with Crippen molar-refractivity contribution in [1.82, 2.24) is 5.32 Å². The molecule has 0 aromatic rings. The molecule has 8 nitrogen and oxygen atoms in total. The van der Waals surface area contributed by atoms with Crippen LogP contribution in [0.1, 0.15) is 27.2 Å². The highest BCUT2D eigenvalue weighted by molar-refractivity contribution is 7.98. The first kappa shape index (κ1) is 21.7. The van der Waals surface area contributed by atoms with Gasteiger partial charge in [-0.25, -0.2) is 14.4 Å². The molecule has 0 heterocycles. The number of methoxy groups -OCH3 is 1. The van der Waals surface area contributed by atoms with Crippen LogP contribution in [0.25, 0.3) is 0 Å². The molecule has 0 rings (SSSR count). The van der Waals surface area contributed by atoms with Crippen molar-refractivity contribution in [2.24, 2.45) is 5.73 Å². The molecule has 0 saturated carbocycles. The molecule has 2 atom stereocenters. The molecule has 0 aliphatic carbocycles. The van der Waals surface area contributed by atoms with Gasteiger partial charge in [0.25, 0.3) is 0 Å². The van der Waals surface area contributed by atoms with E-state index in [4.69, 9.17) is 19.9 Å². The Balaban J connectivity index is 4.72. The Labute approximate surface area is 140 Å². The number of amides is 1. The van der Waals surface area contributed by atoms with Gasteiger partial charge in [0, 0.05) is 7.11 Å². The van der Waals surface area contributed by atoms with Crippen LogP contribution in [0.5, 0.6) is 0 Å². The summed E-state index contributed by atoms with van der Waals surface area (Å²) in [7, 11) is 1.38. The summed E-state index contributed by atoms with van der Waals surface area (Å²) in [6, 6.07) is -2.05. The molecule has 0 saturated heterocycles. The van der Waals surface area contributed by atoms with Crippen LogP contribution in [0.3, 0.4) is 0 Å². The predicted molar refractivity (Wildman–Crippen MR) is 87.1 cm³/mol. The summed E-state index contributed by atoms with van der Waals surface area (Å²) in [6.07, 6.45) is 1.40. The van der Waals surface area contributed by atoms with Gasteiger partial charge in [0.2, 0.25) is 0 Å². The molecule has 9 heteroatoms. The van der Waals surface area contributed by atoms with Crippen LogP contribution in [0.4, 0.5) is 4.79 Å². The van der Waals surface area contributed by atoms with E-state index in [1.54, 1.807) is 20.8 Å². The van der Waals surface area contributed by atoms with Crippen LogP contribution >= 0.6 is 11.8 Å². The Morgan fingerprint density at radius 3 is 2.30 bits per heavy atom. The largest absolute Gasteiger partial charge is 0.444 e. The second-order valence-electron chi connectivity index (χ2n) is 5.78. The summed E-state index contributed by atoms with van der Waals surface area (Å²) in [5.74, 6) is -1.19. The van der Waals surface area contributed by atoms with Gasteiger partial charge in [0.15, 0.2) is 0 Å². The minimum absolute atomic E-state index is 0.0684. The van der Waals surface area contributed by atoms with Crippen molar-refractivity contribution in [2.45, 2.75) is 44.9 Å². The number of alkyl carbamates (subject to hydrolysis) is 1. The SMILES string of the molecule is COC[C@H](N)C(=O)OC(=O)[C@H](CCSC)NC(=O)OC(C)(C)C. The highest BCUT2D eigenvalue weighted by Crippen LogP contribution is 2.09. The number of rotatable bonds is 8. The van der Waals surface area contributed by atoms with Crippen LogP contribution in [0.2, 0.25) is 0 Å². The van der Waals surface area contributed by atoms with Crippen LogP contribution in [-0.4, -0.2) is 61.4 Å². The molecule has 0 aliphatic rings. The van der Waals surface area contributed by atoms with E-state index in [0.717, 1.165) is 0 Å². The van der Waals surface area contributed by atoms with E-state index < -0.39 is 35.7 Å². The molecule has 0 spiro atoms.